The predicted molar refractivity (Wildman–Crippen MR) is 151 cm³/mol. The van der Waals surface area contributed by atoms with Crippen molar-refractivity contribution in [2.24, 2.45) is 0 Å². The molecule has 0 spiro atoms. The Morgan fingerprint density at radius 1 is 0.923 bits per heavy atom. The number of nitrogens with zero attached hydrogens (tertiary/aromatic N) is 1. The van der Waals surface area contributed by atoms with Crippen LogP contribution >= 0.6 is 0 Å². The van der Waals surface area contributed by atoms with Crippen molar-refractivity contribution in [3.05, 3.63) is 102 Å². The van der Waals surface area contributed by atoms with Crippen molar-refractivity contribution in [2.45, 2.75) is 44.4 Å². The summed E-state index contributed by atoms with van der Waals surface area (Å²) in [5.74, 6) is 1.25. The van der Waals surface area contributed by atoms with Gasteiger partial charge in [0.05, 0.1) is 31.9 Å². The molecule has 1 aliphatic heterocycles. The second-order valence-corrected chi connectivity index (χ2v) is 9.66. The Morgan fingerprint density at radius 3 is 2.38 bits per heavy atom. The second-order valence-electron chi connectivity index (χ2n) is 9.66. The molecular weight excluding hydrogens is 492 g/mol. The molecule has 4 rings (SSSR count). The Kier molecular flexibility index (Phi) is 9.26. The molecule has 1 heterocycles. The Morgan fingerprint density at radius 2 is 1.64 bits per heavy atom. The average Bonchev–Trinajstić information content (AvgIpc) is 2.96. The lowest BCUT2D eigenvalue weighted by atomic mass is 9.98. The van der Waals surface area contributed by atoms with Gasteiger partial charge < -0.3 is 24.4 Å². The third-order valence-corrected chi connectivity index (χ3v) is 6.95. The molecule has 1 aliphatic rings. The Balaban J connectivity index is 1.76. The van der Waals surface area contributed by atoms with Gasteiger partial charge >= 0.3 is 0 Å². The zero-order valence-corrected chi connectivity index (χ0v) is 22.9. The Bertz CT molecular complexity index is 1310. The number of nitrogens with one attached hydrogen (secondary N) is 1. The van der Waals surface area contributed by atoms with Crippen molar-refractivity contribution >= 4 is 11.8 Å². The molecule has 3 atom stereocenters. The number of rotatable bonds is 5. The maximum absolute atomic E-state index is 14.0. The van der Waals surface area contributed by atoms with E-state index in [1.54, 1.807) is 45.5 Å². The fraction of sp³-hybridized carbons (Fsp3) is 0.312. The molecule has 0 fully saturated rings. The summed E-state index contributed by atoms with van der Waals surface area (Å²) in [5.41, 5.74) is 2.20. The van der Waals surface area contributed by atoms with Crippen molar-refractivity contribution in [1.29, 1.82) is 0 Å². The van der Waals surface area contributed by atoms with Gasteiger partial charge in [-0.2, -0.15) is 0 Å². The minimum absolute atomic E-state index is 0.146. The van der Waals surface area contributed by atoms with Crippen molar-refractivity contribution in [3.8, 4) is 17.2 Å². The molecule has 39 heavy (non-hydrogen) atoms. The third-order valence-electron chi connectivity index (χ3n) is 6.95. The molecule has 0 saturated carbocycles. The summed E-state index contributed by atoms with van der Waals surface area (Å²) in [6.45, 7) is 1.98. The van der Waals surface area contributed by atoms with Gasteiger partial charge in [0.2, 0.25) is 5.91 Å². The van der Waals surface area contributed by atoms with E-state index in [1.807, 2.05) is 67.6 Å². The number of carbonyl (C=O) groups excluding carboxylic acids is 2. The second kappa shape index (κ2) is 13.0. The number of ether oxygens (including phenoxy) is 3. The van der Waals surface area contributed by atoms with E-state index in [4.69, 9.17) is 14.2 Å². The van der Waals surface area contributed by atoms with E-state index in [0.717, 1.165) is 11.1 Å². The van der Waals surface area contributed by atoms with Gasteiger partial charge in [0.25, 0.3) is 5.91 Å². The standard InChI is InChI=1S/C32H36N2O5/c1-22-12-8-10-16-27(25-19-18-24(37-3)21-30(25)38-4)33-31(35)28(20-23-13-6-5-7-14-23)34(2)32(36)26-15-9-11-17-29(26)39-22/h5-11,13-15,17-19,21-22,27-28H,12,16,20H2,1-4H3,(H,33,35)/b10-8+/t22-,27-,28-/m1/s1. The summed E-state index contributed by atoms with van der Waals surface area (Å²) >= 11 is 0. The lowest BCUT2D eigenvalue weighted by Gasteiger charge is -2.31. The SMILES string of the molecule is COc1ccc([C@H]2C/C=C/C[C@@H](C)Oc3ccccc3C(=O)N(C)[C@H](Cc3ccccc3)C(=O)N2)c(OC)c1. The number of hydrogen-bond donors (Lipinski definition) is 1. The number of hydrogen-bond acceptors (Lipinski definition) is 5. The number of carbonyl (C=O) groups is 2. The highest BCUT2D eigenvalue weighted by Crippen LogP contribution is 2.32. The zero-order valence-electron chi connectivity index (χ0n) is 22.9. The number of fused-ring (bicyclic) bond motifs is 1. The molecule has 3 aromatic carbocycles. The average molecular weight is 529 g/mol. The van der Waals surface area contributed by atoms with Gasteiger partial charge in [-0.15, -0.1) is 0 Å². The monoisotopic (exact) mass is 528 g/mol. The lowest BCUT2D eigenvalue weighted by molar-refractivity contribution is -0.126. The molecule has 0 radical (unpaired) electrons. The number of amides is 2. The normalized spacial score (nSPS) is 21.1. The van der Waals surface area contributed by atoms with Gasteiger partial charge in [-0.05, 0) is 43.2 Å². The molecule has 7 heteroatoms. The molecule has 204 valence electrons. The van der Waals surface area contributed by atoms with Crippen LogP contribution in [0.5, 0.6) is 17.2 Å². The van der Waals surface area contributed by atoms with E-state index in [9.17, 15) is 9.59 Å². The topological polar surface area (TPSA) is 77.1 Å². The minimum atomic E-state index is -0.760. The molecule has 0 aliphatic carbocycles. The first-order valence-electron chi connectivity index (χ1n) is 13.1. The molecular formula is C32H36N2O5. The van der Waals surface area contributed by atoms with E-state index in [1.165, 1.54) is 4.90 Å². The van der Waals surface area contributed by atoms with Crippen LogP contribution < -0.4 is 19.5 Å². The smallest absolute Gasteiger partial charge is 0.258 e. The predicted octanol–water partition coefficient (Wildman–Crippen LogP) is 5.36. The van der Waals surface area contributed by atoms with Crippen molar-refractivity contribution in [3.63, 3.8) is 0 Å². The van der Waals surface area contributed by atoms with Crippen molar-refractivity contribution in [1.82, 2.24) is 10.2 Å². The van der Waals surface area contributed by atoms with Crippen molar-refractivity contribution < 1.29 is 23.8 Å². The summed E-state index contributed by atoms with van der Waals surface area (Å²) in [6, 6.07) is 21.3. The first kappa shape index (κ1) is 27.8. The summed E-state index contributed by atoms with van der Waals surface area (Å²) in [6.07, 6.45) is 5.49. The highest BCUT2D eigenvalue weighted by molar-refractivity contribution is 5.99. The molecule has 0 aromatic heterocycles. The van der Waals surface area contributed by atoms with Gasteiger partial charge in [-0.25, -0.2) is 0 Å². The lowest BCUT2D eigenvalue weighted by Crippen LogP contribution is -2.49. The number of benzene rings is 3. The van der Waals surface area contributed by atoms with E-state index in [0.29, 0.717) is 42.1 Å². The van der Waals surface area contributed by atoms with Gasteiger partial charge in [-0.3, -0.25) is 9.59 Å². The molecule has 3 aromatic rings. The minimum Gasteiger partial charge on any atom is -0.497 e. The van der Waals surface area contributed by atoms with Crippen LogP contribution in [0.3, 0.4) is 0 Å². The van der Waals surface area contributed by atoms with Crippen LogP contribution in [0, 0.1) is 0 Å². The summed E-state index contributed by atoms with van der Waals surface area (Å²) in [5, 5.41) is 3.22. The first-order valence-corrected chi connectivity index (χ1v) is 13.1. The number of para-hydroxylation sites is 1. The Hall–Kier alpha value is -4.26. The molecule has 0 bridgehead atoms. The van der Waals surface area contributed by atoms with Crippen molar-refractivity contribution in [2.75, 3.05) is 21.3 Å². The van der Waals surface area contributed by atoms with Crippen LogP contribution in [0.2, 0.25) is 0 Å². The van der Waals surface area contributed by atoms with Gasteiger partial charge in [0.1, 0.15) is 23.3 Å². The van der Waals surface area contributed by atoms with Crippen LogP contribution in [0.1, 0.15) is 47.3 Å². The number of likely N-dealkylation sites (N-methyl/N-ethyl adjacent to an activating group) is 1. The maximum Gasteiger partial charge on any atom is 0.258 e. The fourth-order valence-corrected chi connectivity index (χ4v) is 4.74. The van der Waals surface area contributed by atoms with Crippen LogP contribution in [0.25, 0.3) is 0 Å². The van der Waals surface area contributed by atoms with Crippen LogP contribution in [0.4, 0.5) is 0 Å². The zero-order chi connectivity index (χ0) is 27.8. The highest BCUT2D eigenvalue weighted by Gasteiger charge is 2.31. The molecule has 0 unspecified atom stereocenters. The van der Waals surface area contributed by atoms with Crippen LogP contribution in [-0.2, 0) is 11.2 Å². The molecule has 7 nitrogen and oxygen atoms in total. The summed E-state index contributed by atoms with van der Waals surface area (Å²) in [4.78, 5) is 29.3. The quantitative estimate of drug-likeness (QED) is 0.451. The largest absolute Gasteiger partial charge is 0.497 e. The van der Waals surface area contributed by atoms with E-state index in [-0.39, 0.29) is 24.0 Å². The molecule has 2 amide bonds. The van der Waals surface area contributed by atoms with E-state index >= 15 is 0 Å². The van der Waals surface area contributed by atoms with Gasteiger partial charge in [0.15, 0.2) is 0 Å². The summed E-state index contributed by atoms with van der Waals surface area (Å²) in [7, 11) is 4.87. The van der Waals surface area contributed by atoms with Crippen LogP contribution in [0.15, 0.2) is 84.9 Å². The number of methoxy groups -OCH3 is 2. The highest BCUT2D eigenvalue weighted by atomic mass is 16.5. The first-order chi connectivity index (χ1) is 18.9. The van der Waals surface area contributed by atoms with Gasteiger partial charge in [-0.1, -0.05) is 54.6 Å². The van der Waals surface area contributed by atoms with E-state index in [2.05, 4.69) is 5.32 Å². The maximum atomic E-state index is 14.0. The fourth-order valence-electron chi connectivity index (χ4n) is 4.74. The summed E-state index contributed by atoms with van der Waals surface area (Å²) < 4.78 is 17.2. The van der Waals surface area contributed by atoms with E-state index < -0.39 is 6.04 Å². The van der Waals surface area contributed by atoms with Crippen LogP contribution in [-0.4, -0.2) is 50.1 Å². The third kappa shape index (κ3) is 6.79. The molecule has 1 N–H and O–H groups in total. The molecule has 0 saturated heterocycles. The Labute approximate surface area is 230 Å². The van der Waals surface area contributed by atoms with Gasteiger partial charge in [0, 0.05) is 31.5 Å².